The van der Waals surface area contributed by atoms with Crippen LogP contribution in [-0.4, -0.2) is 40.9 Å². The summed E-state index contributed by atoms with van der Waals surface area (Å²) in [5.74, 6) is 0.822. The van der Waals surface area contributed by atoms with Crippen molar-refractivity contribution in [2.45, 2.75) is 31.1 Å². The van der Waals surface area contributed by atoms with Gasteiger partial charge in [0.2, 0.25) is 11.6 Å². The molecule has 0 radical (unpaired) electrons. The first-order valence-electron chi connectivity index (χ1n) is 13.0. The Morgan fingerprint density at radius 1 is 0.977 bits per heavy atom. The van der Waals surface area contributed by atoms with Crippen molar-refractivity contribution in [1.82, 2.24) is 9.97 Å². The first-order valence-corrected chi connectivity index (χ1v) is 14.9. The van der Waals surface area contributed by atoms with Crippen molar-refractivity contribution in [3.05, 3.63) is 88.7 Å². The largest absolute Gasteiger partial charge is 0.588 e. The number of halogens is 2. The number of ether oxygens (including phenoxy) is 4. The lowest BCUT2D eigenvalue weighted by Gasteiger charge is -2.20. The van der Waals surface area contributed by atoms with E-state index in [9.17, 15) is 9.35 Å². The molecule has 1 amide bonds. The Bertz CT molecular complexity index is 1540. The molecule has 10 nitrogen and oxygen atoms in total. The van der Waals surface area contributed by atoms with Crippen LogP contribution in [0.5, 0.6) is 23.1 Å². The summed E-state index contributed by atoms with van der Waals surface area (Å²) in [6.45, 7) is 6.11. The van der Waals surface area contributed by atoms with E-state index < -0.39 is 17.5 Å². The van der Waals surface area contributed by atoms with Crippen LogP contribution in [0, 0.1) is 0 Å². The van der Waals surface area contributed by atoms with Gasteiger partial charge in [0.25, 0.3) is 5.88 Å². The molecule has 4 rings (SSSR count). The molecule has 4 aromatic rings. The molecule has 0 fully saturated rings. The summed E-state index contributed by atoms with van der Waals surface area (Å²) in [6.07, 6.45) is 0.551. The quantitative estimate of drug-likeness (QED) is 0.125. The van der Waals surface area contributed by atoms with E-state index in [0.717, 1.165) is 5.56 Å². The van der Waals surface area contributed by atoms with Crippen molar-refractivity contribution < 1.29 is 28.3 Å². The van der Waals surface area contributed by atoms with E-state index in [1.807, 2.05) is 12.1 Å². The summed E-state index contributed by atoms with van der Waals surface area (Å²) in [7, 11) is 1.51. The van der Waals surface area contributed by atoms with Crippen LogP contribution in [-0.2, 0) is 21.5 Å². The highest BCUT2D eigenvalue weighted by Crippen LogP contribution is 2.40. The molecule has 43 heavy (non-hydrogen) atoms. The van der Waals surface area contributed by atoms with Crippen molar-refractivity contribution in [3.63, 3.8) is 0 Å². The number of carbonyl (C=O) groups excluding carboxylic acids is 1. The highest BCUT2D eigenvalue weighted by atomic mass is 35.5. The maximum absolute atomic E-state index is 13.3. The number of hydrogen-bond acceptors (Lipinski definition) is 9. The molecule has 0 spiro atoms. The number of nitrogens with zero attached hydrogens (tertiary/aromatic N) is 2. The number of aromatic nitrogens is 2. The fraction of sp³-hybridized carbons (Fsp3) is 0.233. The Hall–Kier alpha value is -3.90. The van der Waals surface area contributed by atoms with Gasteiger partial charge in [-0.2, -0.15) is 9.71 Å². The lowest BCUT2D eigenvalue weighted by atomic mass is 9.87. The predicted octanol–water partition coefficient (Wildman–Crippen LogP) is 7.64. The molecular formula is C30H30Cl2N4O6S. The molecule has 3 aromatic carbocycles. The molecule has 1 aromatic heterocycles. The van der Waals surface area contributed by atoms with Crippen LogP contribution in [0.1, 0.15) is 26.3 Å². The maximum atomic E-state index is 13.3. The summed E-state index contributed by atoms with van der Waals surface area (Å²) in [5.41, 5.74) is 1.57. The molecule has 0 saturated heterocycles. The minimum absolute atomic E-state index is 0.00169. The average molecular weight is 646 g/mol. The highest BCUT2D eigenvalue weighted by Gasteiger charge is 2.23. The summed E-state index contributed by atoms with van der Waals surface area (Å²) >= 11 is 10.5. The molecule has 0 aliphatic heterocycles. The first-order chi connectivity index (χ1) is 20.5. The third kappa shape index (κ3) is 9.04. The van der Waals surface area contributed by atoms with Crippen LogP contribution < -0.4 is 24.2 Å². The van der Waals surface area contributed by atoms with E-state index >= 15 is 0 Å². The summed E-state index contributed by atoms with van der Waals surface area (Å²) in [6, 6.07) is 18.9. The van der Waals surface area contributed by atoms with Gasteiger partial charge in [0.1, 0.15) is 42.4 Å². The van der Waals surface area contributed by atoms with Gasteiger partial charge in [0.15, 0.2) is 4.90 Å². The van der Waals surface area contributed by atoms with Crippen LogP contribution >= 0.6 is 23.2 Å². The van der Waals surface area contributed by atoms with Gasteiger partial charge >= 0.3 is 6.09 Å². The predicted molar refractivity (Wildman–Crippen MR) is 167 cm³/mol. The van der Waals surface area contributed by atoms with Gasteiger partial charge in [0.05, 0.1) is 12.1 Å². The number of methoxy groups -OCH3 is 1. The van der Waals surface area contributed by atoms with Gasteiger partial charge in [-0.15, -0.1) is 0 Å². The van der Waals surface area contributed by atoms with Gasteiger partial charge < -0.3 is 23.5 Å². The molecule has 1 unspecified atom stereocenters. The fourth-order valence-corrected chi connectivity index (χ4v) is 4.71. The van der Waals surface area contributed by atoms with Gasteiger partial charge in [-0.25, -0.2) is 9.78 Å². The SMILES string of the molecule is COc1ccc(Cl)c(Oc2c(N[S+]([O-])c3ccc(C(C)(C)C)cc3)ncnc2OCCOC(=O)Nc2ccc(Cl)cc2)c1. The van der Waals surface area contributed by atoms with E-state index in [1.165, 1.54) is 13.4 Å². The maximum Gasteiger partial charge on any atom is 0.411 e. The summed E-state index contributed by atoms with van der Waals surface area (Å²) < 4.78 is 38.5. The molecule has 0 bridgehead atoms. The van der Waals surface area contributed by atoms with Crippen LogP contribution in [0.15, 0.2) is 78.0 Å². The topological polar surface area (TPSA) is 127 Å². The summed E-state index contributed by atoms with van der Waals surface area (Å²) in [5, 5.41) is 3.41. The second-order valence-electron chi connectivity index (χ2n) is 10.0. The highest BCUT2D eigenvalue weighted by molar-refractivity contribution is 7.92. The third-order valence-electron chi connectivity index (χ3n) is 5.89. The number of anilines is 2. The van der Waals surface area contributed by atoms with Crippen LogP contribution in [0.2, 0.25) is 10.0 Å². The van der Waals surface area contributed by atoms with E-state index in [4.69, 9.17) is 42.1 Å². The van der Waals surface area contributed by atoms with Gasteiger partial charge in [-0.1, -0.05) is 56.1 Å². The molecule has 2 N–H and O–H groups in total. The standard InChI is InChI=1S/C30H30Cl2N4O6S/c1-30(2,3)19-5-12-23(13-6-19)43(38)36-27-26(42-25-17-22(39-4)11-14-24(25)32)28(34-18-33-27)40-15-16-41-29(37)35-21-9-7-20(31)8-10-21/h5-14,17-18H,15-16H2,1-4H3,(H,35,37)(H,33,34,36). The third-order valence-corrected chi connectivity index (χ3v) is 7.53. The van der Waals surface area contributed by atoms with Crippen molar-refractivity contribution >= 4 is 52.2 Å². The molecule has 1 heterocycles. The van der Waals surface area contributed by atoms with Crippen molar-refractivity contribution in [2.75, 3.05) is 30.4 Å². The Kier molecular flexibility index (Phi) is 10.8. The van der Waals surface area contributed by atoms with E-state index in [-0.39, 0.29) is 46.8 Å². The van der Waals surface area contributed by atoms with Crippen molar-refractivity contribution in [1.29, 1.82) is 0 Å². The number of hydrogen-bond donors (Lipinski definition) is 2. The lowest BCUT2D eigenvalue weighted by Crippen LogP contribution is -2.18. The van der Waals surface area contributed by atoms with Crippen molar-refractivity contribution in [2.24, 2.45) is 0 Å². The Balaban J connectivity index is 1.51. The number of amides is 1. The zero-order chi connectivity index (χ0) is 31.0. The zero-order valence-electron chi connectivity index (χ0n) is 23.9. The molecule has 0 saturated carbocycles. The monoisotopic (exact) mass is 644 g/mol. The number of benzene rings is 3. The molecule has 13 heteroatoms. The van der Waals surface area contributed by atoms with Crippen LogP contribution in [0.3, 0.4) is 0 Å². The van der Waals surface area contributed by atoms with Gasteiger partial charge in [0, 0.05) is 16.8 Å². The van der Waals surface area contributed by atoms with E-state index in [1.54, 1.807) is 54.6 Å². The normalized spacial score (nSPS) is 11.8. The number of carbonyl (C=O) groups is 1. The Morgan fingerprint density at radius 2 is 1.70 bits per heavy atom. The zero-order valence-corrected chi connectivity index (χ0v) is 26.2. The number of nitrogens with one attached hydrogen (secondary N) is 2. The second kappa shape index (κ2) is 14.5. The Labute approximate surface area is 263 Å². The molecule has 226 valence electrons. The minimum atomic E-state index is -1.71. The molecule has 0 aliphatic rings. The van der Waals surface area contributed by atoms with E-state index in [2.05, 4.69) is 40.8 Å². The average Bonchev–Trinajstić information content (AvgIpc) is 2.98. The molecule has 1 atom stereocenters. The van der Waals surface area contributed by atoms with Crippen LogP contribution in [0.25, 0.3) is 0 Å². The smallest absolute Gasteiger partial charge is 0.411 e. The summed E-state index contributed by atoms with van der Waals surface area (Å²) in [4.78, 5) is 21.1. The van der Waals surface area contributed by atoms with Gasteiger partial charge in [-0.3, -0.25) is 5.32 Å². The molecular weight excluding hydrogens is 615 g/mol. The number of rotatable bonds is 11. The van der Waals surface area contributed by atoms with Gasteiger partial charge in [-0.05, 0) is 59.5 Å². The second-order valence-corrected chi connectivity index (χ2v) is 12.1. The Morgan fingerprint density at radius 3 is 2.37 bits per heavy atom. The minimum Gasteiger partial charge on any atom is -0.588 e. The van der Waals surface area contributed by atoms with Crippen LogP contribution in [0.4, 0.5) is 16.3 Å². The van der Waals surface area contributed by atoms with Crippen molar-refractivity contribution in [3.8, 4) is 23.1 Å². The fourth-order valence-electron chi connectivity index (χ4n) is 3.61. The molecule has 0 aliphatic carbocycles. The lowest BCUT2D eigenvalue weighted by molar-refractivity contribution is 0.135. The van der Waals surface area contributed by atoms with E-state index in [0.29, 0.717) is 21.4 Å². The first kappa shape index (κ1) is 32.0.